The van der Waals surface area contributed by atoms with Gasteiger partial charge in [0.2, 0.25) is 0 Å². The van der Waals surface area contributed by atoms with Gasteiger partial charge in [-0.25, -0.2) is 0 Å². The summed E-state index contributed by atoms with van der Waals surface area (Å²) in [5.41, 5.74) is 0.869. The molecule has 19 heavy (non-hydrogen) atoms. The van der Waals surface area contributed by atoms with Crippen LogP contribution in [0.25, 0.3) is 0 Å². The van der Waals surface area contributed by atoms with Gasteiger partial charge in [0.25, 0.3) is 5.91 Å². The van der Waals surface area contributed by atoms with E-state index in [1.807, 2.05) is 0 Å². The summed E-state index contributed by atoms with van der Waals surface area (Å²) < 4.78 is 5.07. The zero-order chi connectivity index (χ0) is 13.8. The fourth-order valence-corrected chi connectivity index (χ4v) is 2.07. The van der Waals surface area contributed by atoms with Gasteiger partial charge in [-0.05, 0) is 24.3 Å². The summed E-state index contributed by atoms with van der Waals surface area (Å²) in [6.45, 7) is 0. The number of carbonyl (C=O) groups excluding carboxylic acids is 1. The summed E-state index contributed by atoms with van der Waals surface area (Å²) in [7, 11) is 1.50. The van der Waals surface area contributed by atoms with Crippen LogP contribution in [0.5, 0.6) is 5.75 Å². The van der Waals surface area contributed by atoms with Crippen molar-refractivity contribution < 1.29 is 9.53 Å². The van der Waals surface area contributed by atoms with Gasteiger partial charge in [0.15, 0.2) is 0 Å². The molecular weight excluding hydrogens is 285 g/mol. The molecule has 0 aliphatic heterocycles. The highest BCUT2D eigenvalue weighted by Crippen LogP contribution is 2.29. The fourth-order valence-electron chi connectivity index (χ4n) is 1.60. The number of methoxy groups -OCH3 is 1. The maximum Gasteiger partial charge on any atom is 0.257 e. The lowest BCUT2D eigenvalue weighted by Crippen LogP contribution is -2.13. The first-order valence-corrected chi connectivity index (χ1v) is 6.27. The van der Waals surface area contributed by atoms with Gasteiger partial charge in [-0.2, -0.15) is 0 Å². The number of hydrogen-bond donors (Lipinski definition) is 1. The van der Waals surface area contributed by atoms with E-state index in [9.17, 15) is 4.79 Å². The minimum Gasteiger partial charge on any atom is -0.495 e. The molecule has 0 aliphatic carbocycles. The number of rotatable bonds is 3. The quantitative estimate of drug-likeness (QED) is 0.919. The molecule has 0 unspecified atom stereocenters. The number of benzene rings is 2. The number of para-hydroxylation sites is 1. The average Bonchev–Trinajstić information content (AvgIpc) is 2.41. The smallest absolute Gasteiger partial charge is 0.257 e. The van der Waals surface area contributed by atoms with Crippen molar-refractivity contribution >= 4 is 34.8 Å². The fraction of sp³-hybridized carbons (Fsp3) is 0.0714. The molecule has 2 aromatic rings. The van der Waals surface area contributed by atoms with E-state index in [1.54, 1.807) is 42.5 Å². The van der Waals surface area contributed by atoms with Crippen molar-refractivity contribution in [3.05, 3.63) is 58.1 Å². The van der Waals surface area contributed by atoms with Crippen molar-refractivity contribution in [3.8, 4) is 5.75 Å². The molecule has 2 aromatic carbocycles. The Balaban J connectivity index is 2.28. The molecule has 0 aliphatic rings. The van der Waals surface area contributed by atoms with Gasteiger partial charge in [0.1, 0.15) is 5.75 Å². The molecule has 2 rings (SSSR count). The predicted octanol–water partition coefficient (Wildman–Crippen LogP) is 4.25. The van der Waals surface area contributed by atoms with Gasteiger partial charge >= 0.3 is 0 Å². The topological polar surface area (TPSA) is 38.3 Å². The maximum absolute atomic E-state index is 12.1. The molecule has 5 heteroatoms. The van der Waals surface area contributed by atoms with Crippen LogP contribution in [-0.2, 0) is 0 Å². The third-order valence-corrected chi connectivity index (χ3v) is 3.27. The van der Waals surface area contributed by atoms with Gasteiger partial charge in [0.05, 0.1) is 28.4 Å². The summed E-state index contributed by atoms with van der Waals surface area (Å²) in [5.74, 6) is 0.116. The minimum absolute atomic E-state index is 0.273. The van der Waals surface area contributed by atoms with E-state index in [4.69, 9.17) is 27.9 Å². The average molecular weight is 296 g/mol. The van der Waals surface area contributed by atoms with Crippen molar-refractivity contribution in [3.63, 3.8) is 0 Å². The second-order valence-corrected chi connectivity index (χ2v) is 4.54. The Morgan fingerprint density at radius 1 is 1.11 bits per heavy atom. The molecule has 3 nitrogen and oxygen atoms in total. The van der Waals surface area contributed by atoms with Crippen LogP contribution >= 0.6 is 23.2 Å². The highest BCUT2D eigenvalue weighted by Gasteiger charge is 2.14. The van der Waals surface area contributed by atoms with E-state index in [1.165, 1.54) is 7.11 Å². The van der Waals surface area contributed by atoms with Crippen LogP contribution in [0.3, 0.4) is 0 Å². The highest BCUT2D eigenvalue weighted by molar-refractivity contribution is 6.36. The van der Waals surface area contributed by atoms with Crippen LogP contribution < -0.4 is 10.1 Å². The molecule has 0 atom stereocenters. The maximum atomic E-state index is 12.1. The first kappa shape index (κ1) is 13.7. The molecule has 0 bridgehead atoms. The van der Waals surface area contributed by atoms with Gasteiger partial charge in [-0.1, -0.05) is 41.4 Å². The minimum atomic E-state index is -0.336. The number of halogens is 2. The zero-order valence-corrected chi connectivity index (χ0v) is 11.6. The summed E-state index contributed by atoms with van der Waals surface area (Å²) >= 11 is 12.1. The van der Waals surface area contributed by atoms with E-state index in [2.05, 4.69) is 5.32 Å². The highest BCUT2D eigenvalue weighted by atomic mass is 35.5. The Labute approximate surface area is 121 Å². The summed E-state index contributed by atoms with van der Waals surface area (Å²) in [6.07, 6.45) is 0. The van der Waals surface area contributed by atoms with Crippen LogP contribution in [0.1, 0.15) is 10.4 Å². The molecule has 1 N–H and O–H groups in total. The van der Waals surface area contributed by atoms with Crippen LogP contribution in [0.2, 0.25) is 10.0 Å². The molecule has 0 aromatic heterocycles. The lowest BCUT2D eigenvalue weighted by Gasteiger charge is -2.10. The molecule has 98 valence electrons. The van der Waals surface area contributed by atoms with Crippen molar-refractivity contribution in [2.45, 2.75) is 0 Å². The van der Waals surface area contributed by atoms with Crippen molar-refractivity contribution in [1.29, 1.82) is 0 Å². The van der Waals surface area contributed by atoms with E-state index >= 15 is 0 Å². The van der Waals surface area contributed by atoms with Crippen LogP contribution in [0.4, 0.5) is 5.69 Å². The molecule has 0 heterocycles. The van der Waals surface area contributed by atoms with E-state index in [0.717, 1.165) is 0 Å². The molecular formula is C14H11Cl2NO2. The van der Waals surface area contributed by atoms with Gasteiger partial charge in [-0.15, -0.1) is 0 Å². The molecule has 0 saturated carbocycles. The predicted molar refractivity (Wildman–Crippen MR) is 77.4 cm³/mol. The summed E-state index contributed by atoms with van der Waals surface area (Å²) in [4.78, 5) is 12.1. The number of nitrogens with one attached hydrogen (secondary N) is 1. The second-order valence-electron chi connectivity index (χ2n) is 3.76. The van der Waals surface area contributed by atoms with E-state index in [-0.39, 0.29) is 10.9 Å². The number of carbonyl (C=O) groups is 1. The van der Waals surface area contributed by atoms with Crippen LogP contribution in [0, 0.1) is 0 Å². The third kappa shape index (κ3) is 3.00. The van der Waals surface area contributed by atoms with Gasteiger partial charge in [0, 0.05) is 0 Å². The van der Waals surface area contributed by atoms with Crippen molar-refractivity contribution in [2.24, 2.45) is 0 Å². The van der Waals surface area contributed by atoms with E-state index in [0.29, 0.717) is 22.0 Å². The number of anilines is 1. The van der Waals surface area contributed by atoms with E-state index < -0.39 is 0 Å². The Hall–Kier alpha value is -1.71. The molecule has 0 radical (unpaired) electrons. The number of amides is 1. The van der Waals surface area contributed by atoms with Crippen molar-refractivity contribution in [2.75, 3.05) is 12.4 Å². The SMILES string of the molecule is COc1cccc(C(=O)Nc2ccccc2Cl)c1Cl. The molecule has 1 amide bonds. The monoisotopic (exact) mass is 295 g/mol. The second kappa shape index (κ2) is 5.95. The Bertz CT molecular complexity index is 614. The van der Waals surface area contributed by atoms with Gasteiger partial charge < -0.3 is 10.1 Å². The Kier molecular flexibility index (Phi) is 4.30. The standard InChI is InChI=1S/C14H11Cl2NO2/c1-19-12-8-4-5-9(13(12)16)14(18)17-11-7-3-2-6-10(11)15/h2-8H,1H3,(H,17,18). The number of hydrogen-bond acceptors (Lipinski definition) is 2. The zero-order valence-electron chi connectivity index (χ0n) is 10.1. The Morgan fingerprint density at radius 2 is 1.84 bits per heavy atom. The van der Waals surface area contributed by atoms with Crippen molar-refractivity contribution in [1.82, 2.24) is 0 Å². The number of ether oxygens (including phenoxy) is 1. The van der Waals surface area contributed by atoms with Crippen LogP contribution in [0.15, 0.2) is 42.5 Å². The third-order valence-electron chi connectivity index (χ3n) is 2.55. The lowest BCUT2D eigenvalue weighted by atomic mass is 10.2. The molecule has 0 fully saturated rings. The molecule has 0 saturated heterocycles. The first-order valence-electron chi connectivity index (χ1n) is 5.52. The lowest BCUT2D eigenvalue weighted by molar-refractivity contribution is 0.102. The Morgan fingerprint density at radius 3 is 2.53 bits per heavy atom. The van der Waals surface area contributed by atoms with Gasteiger partial charge in [-0.3, -0.25) is 4.79 Å². The normalized spacial score (nSPS) is 10.1. The van der Waals surface area contributed by atoms with Crippen LogP contribution in [-0.4, -0.2) is 13.0 Å². The largest absolute Gasteiger partial charge is 0.495 e. The summed E-state index contributed by atoms with van der Waals surface area (Å²) in [5, 5.41) is 3.45. The summed E-state index contributed by atoms with van der Waals surface area (Å²) in [6, 6.07) is 12.0. The first-order chi connectivity index (χ1) is 9.13. The molecule has 0 spiro atoms.